The fourth-order valence-electron chi connectivity index (χ4n) is 3.51. The molecule has 0 bridgehead atoms. The normalized spacial score (nSPS) is 25.8. The molecule has 2 atom stereocenters. The van der Waals surface area contributed by atoms with Gasteiger partial charge in [-0.3, -0.25) is 9.59 Å². The van der Waals surface area contributed by atoms with Gasteiger partial charge in [0.2, 0.25) is 11.8 Å². The van der Waals surface area contributed by atoms with E-state index >= 15 is 0 Å². The molecule has 0 aliphatic carbocycles. The van der Waals surface area contributed by atoms with E-state index in [1.165, 1.54) is 0 Å². The zero-order valence-electron chi connectivity index (χ0n) is 14.8. The minimum absolute atomic E-state index is 0.0400. The maximum Gasteiger partial charge on any atom is 0.246 e. The molecule has 2 heterocycles. The van der Waals surface area contributed by atoms with E-state index < -0.39 is 0 Å². The van der Waals surface area contributed by atoms with Gasteiger partial charge in [-0.25, -0.2) is 0 Å². The maximum atomic E-state index is 12.9. The van der Waals surface area contributed by atoms with Crippen LogP contribution in [0.1, 0.15) is 25.3 Å². The van der Waals surface area contributed by atoms with Gasteiger partial charge in [0.15, 0.2) is 0 Å². The summed E-state index contributed by atoms with van der Waals surface area (Å²) in [6.45, 7) is 2.64. The Morgan fingerprint density at radius 3 is 2.58 bits per heavy atom. The smallest absolute Gasteiger partial charge is 0.246 e. The number of fused-ring (bicyclic) bond motifs is 1. The summed E-state index contributed by atoms with van der Waals surface area (Å²) in [6, 6.07) is 7.89. The van der Waals surface area contributed by atoms with Gasteiger partial charge < -0.3 is 14.7 Å². The van der Waals surface area contributed by atoms with Crippen molar-refractivity contribution in [3.63, 3.8) is 0 Å². The van der Waals surface area contributed by atoms with Crippen molar-refractivity contribution >= 4 is 29.3 Å². The van der Waals surface area contributed by atoms with Crippen LogP contribution >= 0.6 is 11.8 Å². The Bertz CT molecular complexity index is 646. The van der Waals surface area contributed by atoms with Crippen LogP contribution in [0, 0.1) is 0 Å². The number of hydrogen-bond acceptors (Lipinski definition) is 4. The molecular weight excluding hydrogens is 322 g/mol. The Balaban J connectivity index is 1.68. The van der Waals surface area contributed by atoms with Gasteiger partial charge in [-0.1, -0.05) is 12.1 Å². The van der Waals surface area contributed by atoms with Crippen molar-refractivity contribution in [2.75, 3.05) is 31.8 Å². The molecular formula is C18H25N3O2S. The number of anilines is 1. The fourth-order valence-corrected chi connectivity index (χ4v) is 4.93. The molecule has 0 radical (unpaired) electrons. The van der Waals surface area contributed by atoms with Crippen molar-refractivity contribution < 1.29 is 9.59 Å². The van der Waals surface area contributed by atoms with Crippen LogP contribution in [-0.2, 0) is 16.1 Å². The Morgan fingerprint density at radius 2 is 1.96 bits per heavy atom. The van der Waals surface area contributed by atoms with Gasteiger partial charge in [-0.2, -0.15) is 0 Å². The standard InChI is InChI=1S/C18H25N3O2S/c1-18-10-9-16(22)21(18)15(12-24-18)17(23)20(4)11-13-5-7-14(8-6-13)19(2)3/h5-8,15H,9-12H2,1-4H3. The largest absolute Gasteiger partial charge is 0.378 e. The van der Waals surface area contributed by atoms with Crippen molar-refractivity contribution in [2.24, 2.45) is 0 Å². The Kier molecular flexibility index (Phi) is 4.51. The van der Waals surface area contributed by atoms with Gasteiger partial charge >= 0.3 is 0 Å². The molecule has 1 aromatic carbocycles. The average Bonchev–Trinajstić information content (AvgIpc) is 3.04. The van der Waals surface area contributed by atoms with Crippen LogP contribution in [0.15, 0.2) is 24.3 Å². The third-order valence-corrected chi connectivity index (χ3v) is 6.48. The lowest BCUT2D eigenvalue weighted by Gasteiger charge is -2.32. The molecule has 2 aliphatic rings. The number of carbonyl (C=O) groups excluding carboxylic acids is 2. The second-order valence-corrected chi connectivity index (χ2v) is 8.52. The maximum absolute atomic E-state index is 12.9. The number of benzene rings is 1. The zero-order chi connectivity index (χ0) is 17.5. The molecule has 1 aromatic rings. The molecule has 6 heteroatoms. The third-order valence-electron chi connectivity index (χ3n) is 4.98. The van der Waals surface area contributed by atoms with E-state index in [0.717, 1.165) is 17.7 Å². The molecule has 2 amide bonds. The molecule has 0 spiro atoms. The number of amides is 2. The number of hydrogen-bond donors (Lipinski definition) is 0. The van der Waals surface area contributed by atoms with Crippen molar-refractivity contribution in [1.29, 1.82) is 0 Å². The van der Waals surface area contributed by atoms with Crippen molar-refractivity contribution in [1.82, 2.24) is 9.80 Å². The van der Waals surface area contributed by atoms with E-state index in [2.05, 4.69) is 19.1 Å². The van der Waals surface area contributed by atoms with E-state index in [0.29, 0.717) is 18.7 Å². The van der Waals surface area contributed by atoms with Crippen LogP contribution in [0.3, 0.4) is 0 Å². The summed E-state index contributed by atoms with van der Waals surface area (Å²) in [5.74, 6) is 0.855. The predicted octanol–water partition coefficient (Wildman–Crippen LogP) is 2.17. The minimum Gasteiger partial charge on any atom is -0.378 e. The van der Waals surface area contributed by atoms with Crippen LogP contribution in [-0.4, -0.2) is 59.4 Å². The highest BCUT2D eigenvalue weighted by molar-refractivity contribution is 8.01. The van der Waals surface area contributed by atoms with Gasteiger partial charge in [0, 0.05) is 45.5 Å². The Morgan fingerprint density at radius 1 is 1.29 bits per heavy atom. The predicted molar refractivity (Wildman–Crippen MR) is 98.0 cm³/mol. The third kappa shape index (κ3) is 2.99. The molecule has 3 rings (SSSR count). The monoisotopic (exact) mass is 347 g/mol. The van der Waals surface area contributed by atoms with Crippen molar-refractivity contribution in [3.05, 3.63) is 29.8 Å². The van der Waals surface area contributed by atoms with E-state index in [4.69, 9.17) is 0 Å². The first kappa shape index (κ1) is 17.1. The van der Waals surface area contributed by atoms with Gasteiger partial charge in [0.1, 0.15) is 6.04 Å². The molecule has 2 aliphatic heterocycles. The quantitative estimate of drug-likeness (QED) is 0.837. The SMILES string of the molecule is CN(Cc1ccc(N(C)C)cc1)C(=O)C1CSC2(C)CCC(=O)N12. The first-order valence-corrected chi connectivity index (χ1v) is 9.28. The highest BCUT2D eigenvalue weighted by atomic mass is 32.2. The highest BCUT2D eigenvalue weighted by Gasteiger charge is 2.53. The van der Waals surface area contributed by atoms with Crippen LogP contribution < -0.4 is 4.90 Å². The number of likely N-dealkylation sites (N-methyl/N-ethyl adjacent to an activating group) is 1. The molecule has 2 fully saturated rings. The summed E-state index contributed by atoms with van der Waals surface area (Å²) in [5, 5.41) is 0. The Labute approximate surface area is 148 Å². The molecule has 24 heavy (non-hydrogen) atoms. The lowest BCUT2D eigenvalue weighted by atomic mass is 10.1. The summed E-state index contributed by atoms with van der Waals surface area (Å²) >= 11 is 1.74. The van der Waals surface area contributed by atoms with Crippen molar-refractivity contribution in [3.8, 4) is 0 Å². The molecule has 5 nitrogen and oxygen atoms in total. The van der Waals surface area contributed by atoms with E-state index in [-0.39, 0.29) is 22.7 Å². The van der Waals surface area contributed by atoms with E-state index in [1.807, 2.05) is 43.1 Å². The summed E-state index contributed by atoms with van der Waals surface area (Å²) in [7, 11) is 5.84. The van der Waals surface area contributed by atoms with Crippen LogP contribution in [0.25, 0.3) is 0 Å². The van der Waals surface area contributed by atoms with Gasteiger partial charge in [0.05, 0.1) is 4.87 Å². The summed E-state index contributed by atoms with van der Waals surface area (Å²) in [4.78, 5) is 30.5. The van der Waals surface area contributed by atoms with E-state index in [9.17, 15) is 9.59 Å². The first-order chi connectivity index (χ1) is 11.3. The molecule has 130 valence electrons. The second-order valence-electron chi connectivity index (χ2n) is 7.02. The Hall–Kier alpha value is -1.69. The lowest BCUT2D eigenvalue weighted by molar-refractivity contribution is -0.143. The van der Waals surface area contributed by atoms with E-state index in [1.54, 1.807) is 16.7 Å². The highest BCUT2D eigenvalue weighted by Crippen LogP contribution is 2.47. The van der Waals surface area contributed by atoms with Crippen LogP contribution in [0.5, 0.6) is 0 Å². The number of nitrogens with zero attached hydrogens (tertiary/aromatic N) is 3. The van der Waals surface area contributed by atoms with Gasteiger partial charge in [-0.05, 0) is 31.0 Å². The van der Waals surface area contributed by atoms with Gasteiger partial charge in [-0.15, -0.1) is 11.8 Å². The van der Waals surface area contributed by atoms with Crippen molar-refractivity contribution in [2.45, 2.75) is 37.2 Å². The second kappa shape index (κ2) is 6.31. The lowest BCUT2D eigenvalue weighted by Crippen LogP contribution is -2.50. The summed E-state index contributed by atoms with van der Waals surface area (Å²) < 4.78 is 0. The fraction of sp³-hybridized carbons (Fsp3) is 0.556. The van der Waals surface area contributed by atoms with Crippen LogP contribution in [0.2, 0.25) is 0 Å². The molecule has 0 aromatic heterocycles. The number of thioether (sulfide) groups is 1. The zero-order valence-corrected chi connectivity index (χ0v) is 15.6. The van der Waals surface area contributed by atoms with Crippen LogP contribution in [0.4, 0.5) is 5.69 Å². The molecule has 2 saturated heterocycles. The number of rotatable bonds is 4. The first-order valence-electron chi connectivity index (χ1n) is 8.29. The summed E-state index contributed by atoms with van der Waals surface area (Å²) in [6.07, 6.45) is 1.40. The molecule has 0 N–H and O–H groups in total. The summed E-state index contributed by atoms with van der Waals surface area (Å²) in [5.41, 5.74) is 2.23. The molecule has 2 unspecified atom stereocenters. The topological polar surface area (TPSA) is 43.9 Å². The number of carbonyl (C=O) groups is 2. The molecule has 0 saturated carbocycles. The average molecular weight is 347 g/mol. The van der Waals surface area contributed by atoms with Gasteiger partial charge in [0.25, 0.3) is 0 Å². The minimum atomic E-state index is -0.318.